The summed E-state index contributed by atoms with van der Waals surface area (Å²) in [4.78, 5) is 4.04. The van der Waals surface area contributed by atoms with Crippen molar-refractivity contribution in [1.29, 1.82) is 0 Å². The first-order chi connectivity index (χ1) is 13.7. The van der Waals surface area contributed by atoms with Crippen molar-refractivity contribution in [3.8, 4) is 5.75 Å². The Labute approximate surface area is 167 Å². The lowest BCUT2D eigenvalue weighted by Crippen LogP contribution is -3.15. The summed E-state index contributed by atoms with van der Waals surface area (Å²) in [6.45, 7) is 8.81. The monoisotopic (exact) mass is 385 g/mol. The number of piperazine rings is 1. The molecule has 1 aliphatic heterocycles. The Morgan fingerprint density at radius 2 is 1.82 bits per heavy atom. The largest absolute Gasteiger partial charge is 0.495 e. The highest BCUT2D eigenvalue weighted by atomic mass is 16.5. The van der Waals surface area contributed by atoms with E-state index >= 15 is 0 Å². The van der Waals surface area contributed by atoms with Gasteiger partial charge in [-0.15, -0.1) is 5.10 Å². The average molecular weight is 386 g/mol. The van der Waals surface area contributed by atoms with Crippen molar-refractivity contribution >= 4 is 5.69 Å². The van der Waals surface area contributed by atoms with Gasteiger partial charge in [0.25, 0.3) is 0 Å². The van der Waals surface area contributed by atoms with Gasteiger partial charge in [0.05, 0.1) is 45.0 Å². The van der Waals surface area contributed by atoms with Crippen molar-refractivity contribution in [2.75, 3.05) is 38.2 Å². The molecule has 1 N–H and O–H groups in total. The van der Waals surface area contributed by atoms with E-state index in [-0.39, 0.29) is 0 Å². The Morgan fingerprint density at radius 1 is 1.11 bits per heavy atom. The molecule has 1 saturated heterocycles. The highest BCUT2D eigenvalue weighted by Gasteiger charge is 2.37. The van der Waals surface area contributed by atoms with Crippen LogP contribution in [0.4, 0.5) is 5.69 Å². The number of rotatable bonds is 6. The molecular weight excluding hydrogens is 352 g/mol. The second-order valence-electron chi connectivity index (χ2n) is 8.46. The van der Waals surface area contributed by atoms with Crippen LogP contribution in [0.1, 0.15) is 57.4 Å². The molecule has 2 fully saturated rings. The maximum absolute atomic E-state index is 5.56. The number of quaternary nitrogens is 1. The minimum absolute atomic E-state index is 0.343. The minimum atomic E-state index is 0.343. The predicted molar refractivity (Wildman–Crippen MR) is 109 cm³/mol. The molecule has 1 atom stereocenters. The number of tetrazole rings is 1. The molecule has 0 spiro atoms. The van der Waals surface area contributed by atoms with Gasteiger partial charge in [-0.25, -0.2) is 4.68 Å². The molecule has 4 rings (SSSR count). The van der Waals surface area contributed by atoms with Crippen LogP contribution < -0.4 is 14.5 Å². The Morgan fingerprint density at radius 3 is 2.50 bits per heavy atom. The molecule has 1 saturated carbocycles. The number of hydrogen-bond donors (Lipinski definition) is 1. The maximum Gasteiger partial charge on any atom is 0.209 e. The van der Waals surface area contributed by atoms with Crippen LogP contribution >= 0.6 is 0 Å². The average Bonchev–Trinajstić information content (AvgIpc) is 3.40. The van der Waals surface area contributed by atoms with E-state index in [0.717, 1.165) is 37.8 Å². The lowest BCUT2D eigenvalue weighted by atomic mass is 10.00. The highest BCUT2D eigenvalue weighted by molar-refractivity contribution is 5.58. The first-order valence-corrected chi connectivity index (χ1v) is 10.7. The summed E-state index contributed by atoms with van der Waals surface area (Å²) in [7, 11) is 1.75. The van der Waals surface area contributed by atoms with Crippen LogP contribution in [0.3, 0.4) is 0 Å². The molecule has 2 aliphatic rings. The van der Waals surface area contributed by atoms with Gasteiger partial charge in [-0.1, -0.05) is 38.8 Å². The number of ether oxygens (including phenoxy) is 1. The fourth-order valence-electron chi connectivity index (χ4n) is 5.00. The lowest BCUT2D eigenvalue weighted by Gasteiger charge is -2.38. The topological polar surface area (TPSA) is 60.5 Å². The third-order valence-electron chi connectivity index (χ3n) is 6.41. The number of para-hydroxylation sites is 2. The molecule has 1 aromatic carbocycles. The molecule has 2 aromatic rings. The zero-order chi connectivity index (χ0) is 19.5. The van der Waals surface area contributed by atoms with Crippen LogP contribution in [0.5, 0.6) is 5.75 Å². The van der Waals surface area contributed by atoms with Crippen molar-refractivity contribution < 1.29 is 9.64 Å². The molecule has 1 aromatic heterocycles. The Kier molecular flexibility index (Phi) is 5.80. The molecule has 2 heterocycles. The third kappa shape index (κ3) is 3.72. The van der Waals surface area contributed by atoms with Crippen molar-refractivity contribution in [3.63, 3.8) is 0 Å². The summed E-state index contributed by atoms with van der Waals surface area (Å²) in [5.41, 5.74) is 1.20. The number of hydrogen-bond acceptors (Lipinski definition) is 5. The Balaban J connectivity index is 1.50. The molecule has 152 valence electrons. The summed E-state index contributed by atoms with van der Waals surface area (Å²) in [5.74, 6) is 2.54. The number of nitrogens with zero attached hydrogens (tertiary/aromatic N) is 5. The normalized spacial score (nSPS) is 20.1. The number of aromatic nitrogens is 4. The molecule has 0 bridgehead atoms. The zero-order valence-electron chi connectivity index (χ0n) is 17.3. The fraction of sp³-hybridized carbons (Fsp3) is 0.667. The van der Waals surface area contributed by atoms with Gasteiger partial charge in [-0.3, -0.25) is 0 Å². The van der Waals surface area contributed by atoms with Crippen molar-refractivity contribution in [1.82, 2.24) is 20.2 Å². The van der Waals surface area contributed by atoms with Gasteiger partial charge >= 0.3 is 0 Å². The van der Waals surface area contributed by atoms with Gasteiger partial charge in [0.1, 0.15) is 5.75 Å². The summed E-state index contributed by atoms with van der Waals surface area (Å²) in [6, 6.07) is 9.15. The first kappa shape index (κ1) is 19.2. The van der Waals surface area contributed by atoms with E-state index in [1.54, 1.807) is 12.0 Å². The molecule has 7 heteroatoms. The molecule has 28 heavy (non-hydrogen) atoms. The fourth-order valence-corrected chi connectivity index (χ4v) is 5.00. The SMILES string of the molecule is COc1ccccc1N1CC[NH+]([C@H](c2nnnn2C2CCCC2)C(C)C)CC1. The van der Waals surface area contributed by atoms with E-state index in [2.05, 4.69) is 51.1 Å². The van der Waals surface area contributed by atoms with Crippen molar-refractivity contribution in [2.24, 2.45) is 5.92 Å². The smallest absolute Gasteiger partial charge is 0.209 e. The van der Waals surface area contributed by atoms with Gasteiger partial charge in [0.15, 0.2) is 6.04 Å². The Hall–Kier alpha value is -2.15. The van der Waals surface area contributed by atoms with E-state index in [4.69, 9.17) is 4.74 Å². The molecule has 1 aliphatic carbocycles. The number of nitrogens with one attached hydrogen (secondary N) is 1. The van der Waals surface area contributed by atoms with Gasteiger partial charge in [-0.05, 0) is 35.4 Å². The lowest BCUT2D eigenvalue weighted by molar-refractivity contribution is -0.937. The number of methoxy groups -OCH3 is 1. The van der Waals surface area contributed by atoms with Crippen LogP contribution in [0.15, 0.2) is 24.3 Å². The molecule has 0 unspecified atom stereocenters. The van der Waals surface area contributed by atoms with Gasteiger partial charge in [0, 0.05) is 5.92 Å². The second kappa shape index (κ2) is 8.47. The van der Waals surface area contributed by atoms with Crippen LogP contribution in [0.25, 0.3) is 0 Å². The van der Waals surface area contributed by atoms with Crippen LogP contribution in [-0.4, -0.2) is 53.5 Å². The van der Waals surface area contributed by atoms with Crippen LogP contribution in [0.2, 0.25) is 0 Å². The molecule has 0 amide bonds. The molecule has 7 nitrogen and oxygen atoms in total. The second-order valence-corrected chi connectivity index (χ2v) is 8.46. The first-order valence-electron chi connectivity index (χ1n) is 10.7. The zero-order valence-corrected chi connectivity index (χ0v) is 17.3. The minimum Gasteiger partial charge on any atom is -0.495 e. The predicted octanol–water partition coefficient (Wildman–Crippen LogP) is 1.90. The number of anilines is 1. The van der Waals surface area contributed by atoms with E-state index in [1.807, 2.05) is 12.1 Å². The van der Waals surface area contributed by atoms with E-state index in [9.17, 15) is 0 Å². The van der Waals surface area contributed by atoms with Gasteiger partial charge in [0.2, 0.25) is 5.82 Å². The third-order valence-corrected chi connectivity index (χ3v) is 6.41. The number of benzene rings is 1. The van der Waals surface area contributed by atoms with E-state index < -0.39 is 0 Å². The van der Waals surface area contributed by atoms with Crippen molar-refractivity contribution in [3.05, 3.63) is 30.1 Å². The standard InChI is InChI=1S/C21H32N6O/c1-16(2)20(21-22-23-24-27(21)17-8-4-5-9-17)26-14-12-25(13-15-26)18-10-6-7-11-19(18)28-3/h6-7,10-11,16-17,20H,4-5,8-9,12-15H2,1-3H3/p+1/t20-/m0/s1. The molecular formula is C21H33N6O+. The van der Waals surface area contributed by atoms with E-state index in [1.165, 1.54) is 31.4 Å². The summed E-state index contributed by atoms with van der Waals surface area (Å²) in [5, 5.41) is 13.0. The van der Waals surface area contributed by atoms with Gasteiger partial charge in [-0.2, -0.15) is 0 Å². The van der Waals surface area contributed by atoms with E-state index in [0.29, 0.717) is 18.0 Å². The van der Waals surface area contributed by atoms with Crippen LogP contribution in [0, 0.1) is 5.92 Å². The quantitative estimate of drug-likeness (QED) is 0.823. The summed E-state index contributed by atoms with van der Waals surface area (Å²) >= 11 is 0. The Bertz CT molecular complexity index is 762. The van der Waals surface area contributed by atoms with Gasteiger partial charge < -0.3 is 14.5 Å². The van der Waals surface area contributed by atoms with Crippen molar-refractivity contribution in [2.45, 2.75) is 51.6 Å². The summed E-state index contributed by atoms with van der Waals surface area (Å²) < 4.78 is 7.71. The highest BCUT2D eigenvalue weighted by Crippen LogP contribution is 2.31. The maximum atomic E-state index is 5.56. The molecule has 0 radical (unpaired) electrons. The van der Waals surface area contributed by atoms with Crippen LogP contribution in [-0.2, 0) is 0 Å². The summed E-state index contributed by atoms with van der Waals surface area (Å²) in [6.07, 6.45) is 5.00.